The molecule has 0 aromatic carbocycles. The van der Waals surface area contributed by atoms with Gasteiger partial charge in [0, 0.05) is 22.9 Å². The number of nitrogen functional groups attached to an aromatic ring is 1. The first-order chi connectivity index (χ1) is 7.63. The fourth-order valence-corrected chi connectivity index (χ4v) is 2.83. The van der Waals surface area contributed by atoms with Gasteiger partial charge in [-0.3, -0.25) is 4.79 Å². The van der Waals surface area contributed by atoms with E-state index in [-0.39, 0.29) is 11.4 Å². The van der Waals surface area contributed by atoms with E-state index >= 15 is 0 Å². The fourth-order valence-electron chi connectivity index (χ4n) is 1.13. The van der Waals surface area contributed by atoms with Crippen LogP contribution >= 0.6 is 23.1 Å². The molecule has 0 spiro atoms. The molecule has 0 unspecified atom stereocenters. The molecule has 0 amide bonds. The van der Waals surface area contributed by atoms with E-state index in [0.717, 1.165) is 15.6 Å². The first-order valence-corrected chi connectivity index (χ1v) is 6.34. The average Bonchev–Trinajstić information content (AvgIpc) is 2.60. The van der Waals surface area contributed by atoms with E-state index in [1.165, 1.54) is 17.8 Å². The summed E-state index contributed by atoms with van der Waals surface area (Å²) >= 11 is 3.07. The number of nitrogens with two attached hydrogens (primary N) is 1. The number of nitrogens with zero attached hydrogens (tertiary/aromatic N) is 2. The molecule has 2 aromatic heterocycles. The van der Waals surface area contributed by atoms with Crippen LogP contribution in [0.15, 0.2) is 22.2 Å². The van der Waals surface area contributed by atoms with E-state index in [2.05, 4.69) is 15.0 Å². The van der Waals surface area contributed by atoms with Crippen molar-refractivity contribution in [1.82, 2.24) is 15.0 Å². The largest absolute Gasteiger partial charge is 0.383 e. The Morgan fingerprint density at radius 1 is 1.62 bits per heavy atom. The molecule has 2 aromatic rings. The molecule has 2 heterocycles. The van der Waals surface area contributed by atoms with Gasteiger partial charge in [-0.1, -0.05) is 11.8 Å². The maximum absolute atomic E-state index is 11.1. The highest BCUT2D eigenvalue weighted by atomic mass is 32.2. The highest BCUT2D eigenvalue weighted by Gasteiger charge is 2.02. The van der Waals surface area contributed by atoms with E-state index in [9.17, 15) is 4.79 Å². The van der Waals surface area contributed by atoms with Crippen molar-refractivity contribution in [3.8, 4) is 0 Å². The summed E-state index contributed by atoms with van der Waals surface area (Å²) in [6.45, 7) is 1.96. The van der Waals surface area contributed by atoms with Crippen LogP contribution in [0.5, 0.6) is 0 Å². The lowest BCUT2D eigenvalue weighted by Crippen LogP contribution is -2.09. The van der Waals surface area contributed by atoms with Crippen LogP contribution in [0.25, 0.3) is 0 Å². The maximum Gasteiger partial charge on any atom is 0.253 e. The number of thioether (sulfide) groups is 1. The van der Waals surface area contributed by atoms with Gasteiger partial charge < -0.3 is 10.7 Å². The van der Waals surface area contributed by atoms with Crippen LogP contribution in [0.1, 0.15) is 9.88 Å². The number of hydrogen-bond acceptors (Lipinski definition) is 6. The molecule has 16 heavy (non-hydrogen) atoms. The van der Waals surface area contributed by atoms with E-state index < -0.39 is 0 Å². The molecule has 0 fully saturated rings. The molecule has 0 saturated heterocycles. The molecule has 5 nitrogen and oxygen atoms in total. The molecule has 0 aliphatic heterocycles. The monoisotopic (exact) mass is 254 g/mol. The van der Waals surface area contributed by atoms with Gasteiger partial charge in [-0.25, -0.2) is 9.97 Å². The van der Waals surface area contributed by atoms with Crippen molar-refractivity contribution < 1.29 is 0 Å². The van der Waals surface area contributed by atoms with Crippen molar-refractivity contribution in [2.45, 2.75) is 17.8 Å². The molecule has 0 aliphatic rings. The Morgan fingerprint density at radius 2 is 2.44 bits per heavy atom. The van der Waals surface area contributed by atoms with Crippen molar-refractivity contribution in [3.63, 3.8) is 0 Å². The molecule has 0 atom stereocenters. The topological polar surface area (TPSA) is 84.7 Å². The Hall–Kier alpha value is -1.34. The summed E-state index contributed by atoms with van der Waals surface area (Å²) < 4.78 is 0. The van der Waals surface area contributed by atoms with E-state index in [1.807, 2.05) is 13.1 Å². The SMILES string of the molecule is Cc1ncc(CSc2nc(N)cc(=O)[nH]2)s1. The Balaban J connectivity index is 2.07. The molecule has 7 heteroatoms. The molecule has 0 aliphatic carbocycles. The first-order valence-electron chi connectivity index (χ1n) is 4.54. The lowest BCUT2D eigenvalue weighted by Gasteiger charge is -1.99. The lowest BCUT2D eigenvalue weighted by atomic mass is 10.6. The van der Waals surface area contributed by atoms with Crippen molar-refractivity contribution in [3.05, 3.63) is 32.5 Å². The minimum Gasteiger partial charge on any atom is -0.383 e. The zero-order valence-electron chi connectivity index (χ0n) is 8.56. The van der Waals surface area contributed by atoms with Crippen molar-refractivity contribution in [2.75, 3.05) is 5.73 Å². The minimum absolute atomic E-state index is 0.226. The Morgan fingerprint density at radius 3 is 3.06 bits per heavy atom. The maximum atomic E-state index is 11.1. The molecular weight excluding hydrogens is 244 g/mol. The standard InChI is InChI=1S/C9H10N4OS2/c1-5-11-3-6(16-5)4-15-9-12-7(10)2-8(14)13-9/h2-3H,4H2,1H3,(H3,10,12,13,14). The molecule has 0 radical (unpaired) electrons. The summed E-state index contributed by atoms with van der Waals surface area (Å²) in [5, 5.41) is 1.57. The molecular formula is C9H10N4OS2. The van der Waals surface area contributed by atoms with Gasteiger partial charge in [0.2, 0.25) is 0 Å². The molecule has 84 valence electrons. The smallest absolute Gasteiger partial charge is 0.253 e. The zero-order chi connectivity index (χ0) is 11.5. The third-order valence-corrected chi connectivity index (χ3v) is 3.78. The van der Waals surface area contributed by atoms with E-state index in [0.29, 0.717) is 5.16 Å². The summed E-state index contributed by atoms with van der Waals surface area (Å²) in [5.74, 6) is 0.976. The van der Waals surface area contributed by atoms with E-state index in [1.54, 1.807) is 11.3 Å². The number of aromatic nitrogens is 3. The minimum atomic E-state index is -0.226. The summed E-state index contributed by atoms with van der Waals surface area (Å²) in [6.07, 6.45) is 1.83. The van der Waals surface area contributed by atoms with Gasteiger partial charge in [0.1, 0.15) is 5.82 Å². The van der Waals surface area contributed by atoms with Gasteiger partial charge in [0.15, 0.2) is 5.16 Å². The van der Waals surface area contributed by atoms with Crippen LogP contribution in [0.3, 0.4) is 0 Å². The van der Waals surface area contributed by atoms with Crippen LogP contribution in [0.2, 0.25) is 0 Å². The zero-order valence-corrected chi connectivity index (χ0v) is 10.2. The number of H-pyrrole nitrogens is 1. The number of aromatic amines is 1. The number of rotatable bonds is 3. The number of aryl methyl sites for hydroxylation is 1. The molecule has 0 bridgehead atoms. The quantitative estimate of drug-likeness (QED) is 0.639. The highest BCUT2D eigenvalue weighted by molar-refractivity contribution is 7.98. The van der Waals surface area contributed by atoms with Gasteiger partial charge in [-0.05, 0) is 6.92 Å². The third kappa shape index (κ3) is 2.83. The van der Waals surface area contributed by atoms with Crippen LogP contribution < -0.4 is 11.3 Å². The van der Waals surface area contributed by atoms with Crippen LogP contribution in [0.4, 0.5) is 5.82 Å². The van der Waals surface area contributed by atoms with Crippen molar-refractivity contribution in [2.24, 2.45) is 0 Å². The second kappa shape index (κ2) is 4.67. The lowest BCUT2D eigenvalue weighted by molar-refractivity contribution is 0.945. The normalized spacial score (nSPS) is 10.6. The summed E-state index contributed by atoms with van der Waals surface area (Å²) in [5.41, 5.74) is 5.25. The number of anilines is 1. The molecule has 0 saturated carbocycles. The Kier molecular flexibility index (Phi) is 3.25. The summed E-state index contributed by atoms with van der Waals surface area (Å²) in [7, 11) is 0. The van der Waals surface area contributed by atoms with Gasteiger partial charge in [0.25, 0.3) is 5.56 Å². The molecule has 3 N–H and O–H groups in total. The number of hydrogen-bond donors (Lipinski definition) is 2. The van der Waals surface area contributed by atoms with Crippen LogP contribution in [0, 0.1) is 6.92 Å². The average molecular weight is 254 g/mol. The van der Waals surface area contributed by atoms with Crippen molar-refractivity contribution >= 4 is 28.9 Å². The number of thiazole rings is 1. The summed E-state index contributed by atoms with van der Waals surface area (Å²) in [4.78, 5) is 23.1. The molecule has 2 rings (SSSR count). The predicted octanol–water partition coefficient (Wildman–Crippen LogP) is 1.41. The fraction of sp³-hybridized carbons (Fsp3) is 0.222. The predicted molar refractivity (Wildman–Crippen MR) is 65.7 cm³/mol. The number of nitrogens with one attached hydrogen (secondary N) is 1. The van der Waals surface area contributed by atoms with Gasteiger partial charge in [-0.2, -0.15) is 0 Å². The van der Waals surface area contributed by atoms with Gasteiger partial charge in [0.05, 0.1) is 5.01 Å². The Labute approximate surface area is 100 Å². The summed E-state index contributed by atoms with van der Waals surface area (Å²) in [6, 6.07) is 1.26. The second-order valence-corrected chi connectivity index (χ2v) is 5.39. The van der Waals surface area contributed by atoms with Crippen LogP contribution in [-0.2, 0) is 5.75 Å². The van der Waals surface area contributed by atoms with Crippen LogP contribution in [-0.4, -0.2) is 15.0 Å². The van der Waals surface area contributed by atoms with Crippen molar-refractivity contribution in [1.29, 1.82) is 0 Å². The highest BCUT2D eigenvalue weighted by Crippen LogP contribution is 2.22. The van der Waals surface area contributed by atoms with Gasteiger partial charge in [-0.15, -0.1) is 11.3 Å². The Bertz CT molecular complexity index is 548. The third-order valence-electron chi connectivity index (χ3n) is 1.76. The van der Waals surface area contributed by atoms with Gasteiger partial charge >= 0.3 is 0 Å². The first kappa shape index (κ1) is 11.2. The van der Waals surface area contributed by atoms with E-state index in [4.69, 9.17) is 5.73 Å². The second-order valence-electron chi connectivity index (χ2n) is 3.11.